The summed E-state index contributed by atoms with van der Waals surface area (Å²) < 4.78 is 19.7. The molecule has 0 aliphatic carbocycles. The molecule has 0 unspecified atom stereocenters. The van der Waals surface area contributed by atoms with Crippen molar-refractivity contribution in [1.29, 1.82) is 0 Å². The standard InChI is InChI=1S/C21H19ClFNO3S2/c1-21(2,19(25)26)29-20-24-16(12-28-20)9-10-27-18-8-5-14(11-17(18)23)13-3-6-15(22)7-4-13/h3-8,11-12H,9-10H2,1-2H3,(H,25,26). The predicted octanol–water partition coefficient (Wildman–Crippen LogP) is 6.18. The number of carboxylic acids is 1. The Labute approximate surface area is 181 Å². The number of thioether (sulfide) groups is 1. The van der Waals surface area contributed by atoms with E-state index in [1.165, 1.54) is 29.2 Å². The second kappa shape index (κ2) is 9.15. The molecule has 4 nitrogen and oxygen atoms in total. The summed E-state index contributed by atoms with van der Waals surface area (Å²) >= 11 is 8.48. The number of hydrogen-bond acceptors (Lipinski definition) is 5. The van der Waals surface area contributed by atoms with E-state index in [0.29, 0.717) is 15.8 Å². The van der Waals surface area contributed by atoms with E-state index in [1.807, 2.05) is 17.5 Å². The zero-order valence-electron chi connectivity index (χ0n) is 15.8. The van der Waals surface area contributed by atoms with Crippen LogP contribution in [-0.2, 0) is 11.2 Å². The van der Waals surface area contributed by atoms with Crippen LogP contribution in [0, 0.1) is 5.82 Å². The number of carboxylic acid groups (broad SMARTS) is 1. The second-order valence-electron chi connectivity index (χ2n) is 6.77. The molecule has 29 heavy (non-hydrogen) atoms. The fourth-order valence-electron chi connectivity index (χ4n) is 2.42. The first-order valence-electron chi connectivity index (χ1n) is 8.80. The molecular weight excluding hydrogens is 433 g/mol. The fraction of sp³-hybridized carbons (Fsp3) is 0.238. The van der Waals surface area contributed by atoms with Crippen molar-refractivity contribution in [1.82, 2.24) is 4.98 Å². The maximum Gasteiger partial charge on any atom is 0.319 e. The van der Waals surface area contributed by atoms with Gasteiger partial charge in [0.05, 0.1) is 12.3 Å². The molecule has 1 heterocycles. The number of aliphatic carboxylic acids is 1. The van der Waals surface area contributed by atoms with Gasteiger partial charge < -0.3 is 9.84 Å². The third kappa shape index (κ3) is 5.72. The van der Waals surface area contributed by atoms with E-state index in [4.69, 9.17) is 16.3 Å². The largest absolute Gasteiger partial charge is 0.490 e. The summed E-state index contributed by atoms with van der Waals surface area (Å²) in [6.45, 7) is 3.55. The molecule has 8 heteroatoms. The first-order valence-corrected chi connectivity index (χ1v) is 10.9. The molecule has 3 aromatic rings. The Hall–Kier alpha value is -2.09. The van der Waals surface area contributed by atoms with E-state index in [-0.39, 0.29) is 12.4 Å². The lowest BCUT2D eigenvalue weighted by Crippen LogP contribution is -2.26. The first kappa shape index (κ1) is 21.6. The van der Waals surface area contributed by atoms with E-state index in [2.05, 4.69) is 4.98 Å². The van der Waals surface area contributed by atoms with Gasteiger partial charge in [-0.25, -0.2) is 9.37 Å². The number of carbonyl (C=O) groups is 1. The van der Waals surface area contributed by atoms with E-state index >= 15 is 0 Å². The molecule has 1 aromatic heterocycles. The Balaban J connectivity index is 1.57. The summed E-state index contributed by atoms with van der Waals surface area (Å²) in [6.07, 6.45) is 0.503. The van der Waals surface area contributed by atoms with Crippen molar-refractivity contribution in [2.45, 2.75) is 29.4 Å². The van der Waals surface area contributed by atoms with Crippen molar-refractivity contribution in [3.8, 4) is 16.9 Å². The van der Waals surface area contributed by atoms with E-state index in [1.54, 1.807) is 38.1 Å². The predicted molar refractivity (Wildman–Crippen MR) is 116 cm³/mol. The summed E-state index contributed by atoms with van der Waals surface area (Å²) in [6, 6.07) is 12.0. The zero-order valence-corrected chi connectivity index (χ0v) is 18.2. The molecule has 3 rings (SSSR count). The van der Waals surface area contributed by atoms with Crippen LogP contribution >= 0.6 is 34.7 Å². The van der Waals surface area contributed by atoms with Gasteiger partial charge in [0.1, 0.15) is 4.75 Å². The smallest absolute Gasteiger partial charge is 0.319 e. The van der Waals surface area contributed by atoms with Gasteiger partial charge in [-0.3, -0.25) is 4.79 Å². The number of thiazole rings is 1. The van der Waals surface area contributed by atoms with Gasteiger partial charge >= 0.3 is 5.97 Å². The normalized spacial score (nSPS) is 11.4. The maximum absolute atomic E-state index is 14.4. The van der Waals surface area contributed by atoms with Gasteiger partial charge in [0.25, 0.3) is 0 Å². The van der Waals surface area contributed by atoms with Crippen LogP contribution in [0.2, 0.25) is 5.02 Å². The highest BCUT2D eigenvalue weighted by Gasteiger charge is 2.29. The van der Waals surface area contributed by atoms with Crippen LogP contribution < -0.4 is 4.74 Å². The molecule has 0 saturated heterocycles. The zero-order chi connectivity index (χ0) is 21.0. The molecule has 0 bridgehead atoms. The highest BCUT2D eigenvalue weighted by Crippen LogP contribution is 2.34. The molecule has 0 fully saturated rings. The third-order valence-electron chi connectivity index (χ3n) is 4.11. The maximum atomic E-state index is 14.4. The number of nitrogens with zero attached hydrogens (tertiary/aromatic N) is 1. The average molecular weight is 452 g/mol. The van der Waals surface area contributed by atoms with E-state index in [9.17, 15) is 14.3 Å². The molecule has 0 aliphatic heterocycles. The summed E-state index contributed by atoms with van der Waals surface area (Å²) in [5.41, 5.74) is 2.40. The quantitative estimate of drug-likeness (QED) is 0.414. The molecule has 0 aliphatic rings. The Kier molecular flexibility index (Phi) is 6.82. The van der Waals surface area contributed by atoms with Crippen molar-refractivity contribution in [3.05, 3.63) is 64.4 Å². The molecule has 2 aromatic carbocycles. The lowest BCUT2D eigenvalue weighted by atomic mass is 10.1. The van der Waals surface area contributed by atoms with Crippen molar-refractivity contribution >= 4 is 40.7 Å². The Morgan fingerprint density at radius 1 is 1.24 bits per heavy atom. The summed E-state index contributed by atoms with van der Waals surface area (Å²) in [5, 5.41) is 11.7. The molecular formula is C21H19ClFNO3S2. The monoisotopic (exact) mass is 451 g/mol. The summed E-state index contributed by atoms with van der Waals surface area (Å²) in [5.74, 6) is -1.14. The fourth-order valence-corrected chi connectivity index (χ4v) is 4.77. The van der Waals surface area contributed by atoms with E-state index in [0.717, 1.165) is 16.8 Å². The van der Waals surface area contributed by atoms with Gasteiger partial charge in [0.2, 0.25) is 0 Å². The van der Waals surface area contributed by atoms with Crippen LogP contribution in [0.1, 0.15) is 19.5 Å². The topological polar surface area (TPSA) is 59.4 Å². The van der Waals surface area contributed by atoms with Crippen LogP contribution in [0.5, 0.6) is 5.75 Å². The Bertz CT molecular complexity index is 1010. The SMILES string of the molecule is CC(C)(Sc1nc(CCOc2ccc(-c3ccc(Cl)cc3)cc2F)cs1)C(=O)O. The van der Waals surface area contributed by atoms with Gasteiger partial charge in [0, 0.05) is 16.8 Å². The Morgan fingerprint density at radius 2 is 1.93 bits per heavy atom. The van der Waals surface area contributed by atoms with Crippen LogP contribution in [0.3, 0.4) is 0 Å². The van der Waals surface area contributed by atoms with Crippen molar-refractivity contribution in [3.63, 3.8) is 0 Å². The number of ether oxygens (including phenoxy) is 1. The summed E-state index contributed by atoms with van der Waals surface area (Å²) in [7, 11) is 0. The number of benzene rings is 2. The van der Waals surface area contributed by atoms with Crippen LogP contribution in [0.25, 0.3) is 11.1 Å². The van der Waals surface area contributed by atoms with Crippen molar-refractivity contribution < 1.29 is 19.0 Å². The highest BCUT2D eigenvalue weighted by molar-refractivity contribution is 8.02. The molecule has 152 valence electrons. The molecule has 0 amide bonds. The molecule has 1 N–H and O–H groups in total. The Morgan fingerprint density at radius 3 is 2.59 bits per heavy atom. The lowest BCUT2D eigenvalue weighted by Gasteiger charge is -2.15. The second-order valence-corrected chi connectivity index (χ2v) is 9.94. The van der Waals surface area contributed by atoms with Crippen molar-refractivity contribution in [2.24, 2.45) is 0 Å². The number of hydrogen-bond donors (Lipinski definition) is 1. The molecule has 0 atom stereocenters. The molecule has 0 spiro atoms. The molecule has 0 saturated carbocycles. The van der Waals surface area contributed by atoms with Crippen LogP contribution in [-0.4, -0.2) is 27.4 Å². The first-order chi connectivity index (χ1) is 13.7. The highest BCUT2D eigenvalue weighted by atomic mass is 35.5. The minimum absolute atomic E-state index is 0.180. The number of aromatic nitrogens is 1. The van der Waals surface area contributed by atoms with Gasteiger partial charge in [-0.1, -0.05) is 41.6 Å². The minimum atomic E-state index is -0.944. The van der Waals surface area contributed by atoms with Crippen LogP contribution in [0.4, 0.5) is 4.39 Å². The molecule has 0 radical (unpaired) electrons. The van der Waals surface area contributed by atoms with Gasteiger partial charge in [0.15, 0.2) is 15.9 Å². The summed E-state index contributed by atoms with van der Waals surface area (Å²) in [4.78, 5) is 15.6. The van der Waals surface area contributed by atoms with Gasteiger partial charge in [-0.15, -0.1) is 11.3 Å². The van der Waals surface area contributed by atoms with Crippen LogP contribution in [0.15, 0.2) is 52.2 Å². The lowest BCUT2D eigenvalue weighted by molar-refractivity contribution is -0.138. The third-order valence-corrected chi connectivity index (χ3v) is 6.54. The minimum Gasteiger partial charge on any atom is -0.490 e. The van der Waals surface area contributed by atoms with Crippen molar-refractivity contribution in [2.75, 3.05) is 6.61 Å². The average Bonchev–Trinajstić information content (AvgIpc) is 3.10. The van der Waals surface area contributed by atoms with Gasteiger partial charge in [-0.2, -0.15) is 0 Å². The number of rotatable bonds is 8. The van der Waals surface area contributed by atoms with Gasteiger partial charge in [-0.05, 0) is 49.2 Å². The number of halogens is 2. The van der Waals surface area contributed by atoms with E-state index < -0.39 is 16.5 Å².